The lowest BCUT2D eigenvalue weighted by Gasteiger charge is -2.25. The number of carbonyl (C=O) groups is 1. The largest absolute Gasteiger partial charge is 0.506 e. The number of phenolic OH excluding ortho intramolecular Hbond substituents is 1. The van der Waals surface area contributed by atoms with Crippen molar-refractivity contribution in [2.45, 2.75) is 11.8 Å². The summed E-state index contributed by atoms with van der Waals surface area (Å²) in [6, 6.07) is 2.74. The van der Waals surface area contributed by atoms with Crippen LogP contribution in [0.4, 0.5) is 0 Å². The number of carbonyl (C=O) groups excluding carboxylic acids is 1. The molecule has 1 aliphatic heterocycles. The molecule has 2 rings (SSSR count). The smallest absolute Gasteiger partial charge is 0.341 e. The quantitative estimate of drug-likeness (QED) is 0.708. The van der Waals surface area contributed by atoms with Gasteiger partial charge in [0, 0.05) is 11.0 Å². The number of hydrogen-bond acceptors (Lipinski definition) is 5. The zero-order chi connectivity index (χ0) is 12.6. The highest BCUT2D eigenvalue weighted by Gasteiger charge is 2.27. The second kappa shape index (κ2) is 4.06. The molecule has 5 nitrogen and oxygen atoms in total. The van der Waals surface area contributed by atoms with E-state index in [0.717, 1.165) is 0 Å². The van der Waals surface area contributed by atoms with Crippen LogP contribution in [-0.2, 0) is 4.74 Å². The highest BCUT2D eigenvalue weighted by Crippen LogP contribution is 2.58. The number of benzene rings is 1. The highest BCUT2D eigenvalue weighted by molar-refractivity contribution is 8.27. The van der Waals surface area contributed by atoms with Gasteiger partial charge in [-0.15, -0.1) is 10.6 Å². The summed E-state index contributed by atoms with van der Waals surface area (Å²) >= 11 is 0. The Labute approximate surface area is 99.7 Å². The third-order valence-electron chi connectivity index (χ3n) is 2.42. The van der Waals surface area contributed by atoms with Crippen molar-refractivity contribution in [1.29, 1.82) is 0 Å². The Morgan fingerprint density at radius 3 is 2.76 bits per heavy atom. The van der Waals surface area contributed by atoms with Gasteiger partial charge in [0.05, 0.1) is 11.5 Å². The summed E-state index contributed by atoms with van der Waals surface area (Å²) in [7, 11) is -2.98. The molecule has 0 unspecified atom stereocenters. The first-order valence-electron chi connectivity index (χ1n) is 4.97. The minimum atomic E-state index is -2.98. The fraction of sp³-hybridized carbons (Fsp3) is 0.182. The van der Waals surface area contributed by atoms with Crippen LogP contribution in [0.1, 0.15) is 22.8 Å². The number of ether oxygens (including phenoxy) is 1. The zero-order valence-electron chi connectivity index (χ0n) is 9.08. The van der Waals surface area contributed by atoms with Crippen LogP contribution in [0.5, 0.6) is 5.75 Å². The van der Waals surface area contributed by atoms with Crippen LogP contribution >= 0.6 is 10.6 Å². The fourth-order valence-electron chi connectivity index (χ4n) is 1.62. The van der Waals surface area contributed by atoms with E-state index in [1.54, 1.807) is 6.92 Å². The normalized spacial score (nSPS) is 17.6. The van der Waals surface area contributed by atoms with Crippen molar-refractivity contribution in [2.24, 2.45) is 0 Å². The second-order valence-electron chi connectivity index (χ2n) is 3.49. The molecule has 0 bridgehead atoms. The maximum atomic E-state index is 11.5. The van der Waals surface area contributed by atoms with Gasteiger partial charge in [0.25, 0.3) is 0 Å². The van der Waals surface area contributed by atoms with Crippen LogP contribution < -0.4 is 0 Å². The Hall–Kier alpha value is -1.50. The van der Waals surface area contributed by atoms with Gasteiger partial charge >= 0.3 is 5.97 Å². The molecular formula is C11H12O5S. The van der Waals surface area contributed by atoms with Gasteiger partial charge in [-0.25, -0.2) is 4.79 Å². The molecule has 1 aromatic rings. The minimum Gasteiger partial charge on any atom is -0.506 e. The summed E-state index contributed by atoms with van der Waals surface area (Å²) in [5.74, 6) is -0.917. The molecule has 6 heteroatoms. The summed E-state index contributed by atoms with van der Waals surface area (Å²) in [5, 5.41) is 11.1. The van der Waals surface area contributed by atoms with Gasteiger partial charge in [0.15, 0.2) is 0 Å². The van der Waals surface area contributed by atoms with Crippen molar-refractivity contribution < 1.29 is 23.7 Å². The van der Waals surface area contributed by atoms with Crippen molar-refractivity contribution in [1.82, 2.24) is 0 Å². The second-order valence-corrected chi connectivity index (χ2v) is 5.39. The van der Waals surface area contributed by atoms with Gasteiger partial charge in [-0.05, 0) is 25.1 Å². The standard InChI is InChI=1S/C11H12O5S/c1-2-16-11(13)8-3-4-9-7(10(8)12)5-6-17(9,14)15/h3-6,12,14-15H,2H2,1H3. The molecule has 0 fully saturated rings. The first-order chi connectivity index (χ1) is 7.97. The van der Waals surface area contributed by atoms with E-state index in [2.05, 4.69) is 0 Å². The first kappa shape index (κ1) is 12.0. The van der Waals surface area contributed by atoms with Crippen molar-refractivity contribution in [3.05, 3.63) is 28.7 Å². The number of fused-ring (bicyclic) bond motifs is 1. The number of rotatable bonds is 2. The summed E-state index contributed by atoms with van der Waals surface area (Å²) in [4.78, 5) is 11.7. The summed E-state index contributed by atoms with van der Waals surface area (Å²) in [5.41, 5.74) is 0.280. The van der Waals surface area contributed by atoms with Gasteiger partial charge in [-0.3, -0.25) is 9.11 Å². The van der Waals surface area contributed by atoms with E-state index < -0.39 is 16.6 Å². The first-order valence-corrected chi connectivity index (χ1v) is 6.58. The van der Waals surface area contributed by atoms with Crippen LogP contribution in [-0.4, -0.2) is 26.8 Å². The van der Waals surface area contributed by atoms with E-state index in [-0.39, 0.29) is 28.4 Å². The monoisotopic (exact) mass is 256 g/mol. The summed E-state index contributed by atoms with van der Waals surface area (Å²) in [6.07, 6.45) is 1.39. The van der Waals surface area contributed by atoms with E-state index in [9.17, 15) is 19.0 Å². The fourth-order valence-corrected chi connectivity index (χ4v) is 2.85. The molecule has 0 atom stereocenters. The number of hydrogen-bond donors (Lipinski definition) is 3. The number of esters is 1. The molecule has 0 amide bonds. The van der Waals surface area contributed by atoms with E-state index in [1.807, 2.05) is 0 Å². The molecular weight excluding hydrogens is 244 g/mol. The highest BCUT2D eigenvalue weighted by atomic mass is 32.3. The van der Waals surface area contributed by atoms with E-state index in [0.29, 0.717) is 0 Å². The van der Waals surface area contributed by atoms with E-state index in [4.69, 9.17) is 4.74 Å². The third kappa shape index (κ3) is 1.90. The number of aromatic hydroxyl groups is 1. The van der Waals surface area contributed by atoms with Gasteiger partial charge in [0.1, 0.15) is 11.3 Å². The molecule has 0 saturated carbocycles. The van der Waals surface area contributed by atoms with Gasteiger partial charge < -0.3 is 9.84 Å². The molecule has 92 valence electrons. The maximum absolute atomic E-state index is 11.5. The lowest BCUT2D eigenvalue weighted by molar-refractivity contribution is 0.0523. The van der Waals surface area contributed by atoms with Crippen molar-refractivity contribution in [2.75, 3.05) is 6.61 Å². The molecule has 0 aromatic heterocycles. The summed E-state index contributed by atoms with van der Waals surface area (Å²) in [6.45, 7) is 1.87. The Bertz CT molecular complexity index is 507. The lowest BCUT2D eigenvalue weighted by atomic mass is 10.1. The Morgan fingerprint density at radius 1 is 1.41 bits per heavy atom. The molecule has 0 radical (unpaired) electrons. The Balaban J connectivity index is 2.49. The average molecular weight is 256 g/mol. The molecule has 1 heterocycles. The SMILES string of the molecule is CCOC(=O)c1ccc2c(c1O)C=CS2(O)O. The van der Waals surface area contributed by atoms with Crippen molar-refractivity contribution >= 4 is 22.6 Å². The third-order valence-corrected chi connectivity index (χ3v) is 3.94. The predicted molar refractivity (Wildman–Crippen MR) is 64.2 cm³/mol. The topological polar surface area (TPSA) is 87.0 Å². The minimum absolute atomic E-state index is 0.0207. The van der Waals surface area contributed by atoms with E-state index >= 15 is 0 Å². The van der Waals surface area contributed by atoms with Crippen molar-refractivity contribution in [3.8, 4) is 5.75 Å². The van der Waals surface area contributed by atoms with Crippen molar-refractivity contribution in [3.63, 3.8) is 0 Å². The predicted octanol–water partition coefficient (Wildman–Crippen LogP) is 2.66. The Kier molecular flexibility index (Phi) is 2.86. The van der Waals surface area contributed by atoms with Gasteiger partial charge in [-0.2, -0.15) is 0 Å². The van der Waals surface area contributed by atoms with Gasteiger partial charge in [0.2, 0.25) is 0 Å². The number of phenols is 1. The van der Waals surface area contributed by atoms with Crippen LogP contribution in [0.15, 0.2) is 22.4 Å². The molecule has 3 N–H and O–H groups in total. The van der Waals surface area contributed by atoms with E-state index in [1.165, 1.54) is 23.6 Å². The van der Waals surface area contributed by atoms with Crippen LogP contribution in [0.25, 0.3) is 6.08 Å². The summed E-state index contributed by atoms with van der Waals surface area (Å²) < 4.78 is 24.0. The maximum Gasteiger partial charge on any atom is 0.341 e. The molecule has 17 heavy (non-hydrogen) atoms. The zero-order valence-corrected chi connectivity index (χ0v) is 9.90. The molecule has 0 saturated heterocycles. The molecule has 0 spiro atoms. The van der Waals surface area contributed by atoms with Crippen LogP contribution in [0.2, 0.25) is 0 Å². The Morgan fingerprint density at radius 2 is 2.12 bits per heavy atom. The molecule has 1 aliphatic rings. The van der Waals surface area contributed by atoms with Crippen LogP contribution in [0, 0.1) is 0 Å². The van der Waals surface area contributed by atoms with Crippen LogP contribution in [0.3, 0.4) is 0 Å². The molecule has 0 aliphatic carbocycles. The lowest BCUT2D eigenvalue weighted by Crippen LogP contribution is -2.06. The average Bonchev–Trinajstić information content (AvgIpc) is 2.56. The van der Waals surface area contributed by atoms with Gasteiger partial charge in [-0.1, -0.05) is 0 Å². The molecule has 1 aromatic carbocycles.